The van der Waals surface area contributed by atoms with Gasteiger partial charge in [0.15, 0.2) is 0 Å². The van der Waals surface area contributed by atoms with E-state index < -0.39 is 4.92 Å². The number of carbonyl (C=O) groups is 2. The van der Waals surface area contributed by atoms with E-state index in [0.29, 0.717) is 12.1 Å². The second-order valence-corrected chi connectivity index (χ2v) is 5.43. The third kappa shape index (κ3) is 5.59. The normalized spacial score (nSPS) is 10.0. The summed E-state index contributed by atoms with van der Waals surface area (Å²) in [6.07, 6.45) is 0.134. The SMILES string of the molecule is COc1ccc(CNC(=O)CCNC(=O)c2ccc([N+](=O)[O-])cc2)cc1. The molecule has 0 bridgehead atoms. The highest BCUT2D eigenvalue weighted by Crippen LogP contribution is 2.12. The zero-order valence-corrected chi connectivity index (χ0v) is 14.2. The second kappa shape index (κ2) is 9.16. The molecule has 0 atom stereocenters. The van der Waals surface area contributed by atoms with Crippen LogP contribution in [0.25, 0.3) is 0 Å². The van der Waals surface area contributed by atoms with Gasteiger partial charge in [-0.3, -0.25) is 19.7 Å². The molecule has 0 aliphatic rings. The Bertz CT molecular complexity index is 772. The second-order valence-electron chi connectivity index (χ2n) is 5.43. The fourth-order valence-corrected chi connectivity index (χ4v) is 2.16. The summed E-state index contributed by atoms with van der Waals surface area (Å²) in [6, 6.07) is 12.6. The van der Waals surface area contributed by atoms with Crippen molar-refractivity contribution in [1.29, 1.82) is 0 Å². The number of amides is 2. The Morgan fingerprint density at radius 3 is 2.27 bits per heavy atom. The number of carbonyl (C=O) groups excluding carboxylic acids is 2. The van der Waals surface area contributed by atoms with Crippen LogP contribution in [0.4, 0.5) is 5.69 Å². The van der Waals surface area contributed by atoms with Gasteiger partial charge >= 0.3 is 0 Å². The number of benzene rings is 2. The van der Waals surface area contributed by atoms with Gasteiger partial charge in [0.05, 0.1) is 12.0 Å². The number of rotatable bonds is 8. The first kappa shape index (κ1) is 18.9. The van der Waals surface area contributed by atoms with E-state index >= 15 is 0 Å². The molecule has 0 aliphatic heterocycles. The lowest BCUT2D eigenvalue weighted by Crippen LogP contribution is -2.30. The fraction of sp³-hybridized carbons (Fsp3) is 0.222. The third-order valence-corrected chi connectivity index (χ3v) is 3.63. The summed E-state index contributed by atoms with van der Waals surface area (Å²) < 4.78 is 5.06. The lowest BCUT2D eigenvalue weighted by atomic mass is 10.2. The van der Waals surface area contributed by atoms with Crippen LogP contribution in [0.15, 0.2) is 48.5 Å². The van der Waals surface area contributed by atoms with E-state index in [2.05, 4.69) is 10.6 Å². The molecule has 2 N–H and O–H groups in total. The van der Waals surface area contributed by atoms with E-state index in [1.165, 1.54) is 24.3 Å². The molecule has 2 aromatic rings. The van der Waals surface area contributed by atoms with Gasteiger partial charge in [-0.05, 0) is 29.8 Å². The van der Waals surface area contributed by atoms with Crippen LogP contribution in [-0.4, -0.2) is 30.4 Å². The summed E-state index contributed by atoms with van der Waals surface area (Å²) in [5.74, 6) is 0.168. The Balaban J connectivity index is 1.71. The van der Waals surface area contributed by atoms with Gasteiger partial charge in [0.2, 0.25) is 5.91 Å². The van der Waals surface area contributed by atoms with Gasteiger partial charge in [-0.1, -0.05) is 12.1 Å². The van der Waals surface area contributed by atoms with E-state index in [0.717, 1.165) is 11.3 Å². The van der Waals surface area contributed by atoms with Crippen LogP contribution in [0.5, 0.6) is 5.75 Å². The smallest absolute Gasteiger partial charge is 0.269 e. The van der Waals surface area contributed by atoms with E-state index in [-0.39, 0.29) is 30.5 Å². The monoisotopic (exact) mass is 357 g/mol. The van der Waals surface area contributed by atoms with Gasteiger partial charge in [-0.2, -0.15) is 0 Å². The zero-order valence-electron chi connectivity index (χ0n) is 14.2. The van der Waals surface area contributed by atoms with Gasteiger partial charge in [-0.15, -0.1) is 0 Å². The summed E-state index contributed by atoms with van der Waals surface area (Å²) in [5, 5.41) is 15.9. The van der Waals surface area contributed by atoms with E-state index in [1.54, 1.807) is 7.11 Å². The van der Waals surface area contributed by atoms with E-state index in [1.807, 2.05) is 24.3 Å². The Hall–Kier alpha value is -3.42. The van der Waals surface area contributed by atoms with Crippen LogP contribution in [0.1, 0.15) is 22.3 Å². The molecule has 0 radical (unpaired) electrons. The largest absolute Gasteiger partial charge is 0.497 e. The predicted octanol–water partition coefficient (Wildman–Crippen LogP) is 2.04. The molecule has 0 saturated carbocycles. The first-order chi connectivity index (χ1) is 12.5. The summed E-state index contributed by atoms with van der Waals surface area (Å²) in [5.41, 5.74) is 1.16. The molecule has 0 aromatic heterocycles. The molecule has 26 heavy (non-hydrogen) atoms. The fourth-order valence-electron chi connectivity index (χ4n) is 2.16. The van der Waals surface area contributed by atoms with Crippen LogP contribution < -0.4 is 15.4 Å². The molecule has 0 aliphatic carbocycles. The van der Waals surface area contributed by atoms with Crippen LogP contribution in [0.2, 0.25) is 0 Å². The molecule has 2 amide bonds. The van der Waals surface area contributed by atoms with Crippen molar-refractivity contribution < 1.29 is 19.2 Å². The summed E-state index contributed by atoms with van der Waals surface area (Å²) in [4.78, 5) is 33.8. The van der Waals surface area contributed by atoms with Gasteiger partial charge in [0.1, 0.15) is 5.75 Å². The third-order valence-electron chi connectivity index (χ3n) is 3.63. The van der Waals surface area contributed by atoms with Crippen molar-refractivity contribution in [1.82, 2.24) is 10.6 Å². The van der Waals surface area contributed by atoms with Crippen LogP contribution in [0.3, 0.4) is 0 Å². The van der Waals surface area contributed by atoms with Gasteiger partial charge in [-0.25, -0.2) is 0 Å². The average molecular weight is 357 g/mol. The average Bonchev–Trinajstić information content (AvgIpc) is 2.66. The minimum Gasteiger partial charge on any atom is -0.497 e. The number of ether oxygens (including phenoxy) is 1. The quantitative estimate of drug-likeness (QED) is 0.555. The number of nitro groups is 1. The molecule has 0 heterocycles. The summed E-state index contributed by atoms with van der Waals surface area (Å²) in [6.45, 7) is 0.559. The maximum atomic E-state index is 11.9. The molecule has 0 unspecified atom stereocenters. The molecule has 2 rings (SSSR count). The van der Waals surface area contributed by atoms with E-state index in [9.17, 15) is 19.7 Å². The molecule has 8 heteroatoms. The number of non-ortho nitro benzene ring substituents is 1. The summed E-state index contributed by atoms with van der Waals surface area (Å²) >= 11 is 0. The first-order valence-electron chi connectivity index (χ1n) is 7.92. The molecular weight excluding hydrogens is 338 g/mol. The molecule has 2 aromatic carbocycles. The van der Waals surface area contributed by atoms with Crippen molar-refractivity contribution in [3.8, 4) is 5.75 Å². The highest BCUT2D eigenvalue weighted by molar-refractivity contribution is 5.94. The number of nitrogens with zero attached hydrogens (tertiary/aromatic N) is 1. The lowest BCUT2D eigenvalue weighted by molar-refractivity contribution is -0.384. The van der Waals surface area contributed by atoms with Gasteiger partial charge < -0.3 is 15.4 Å². The molecule has 0 fully saturated rings. The van der Waals surface area contributed by atoms with Gasteiger partial charge in [0, 0.05) is 37.2 Å². The van der Waals surface area contributed by atoms with Crippen molar-refractivity contribution in [2.24, 2.45) is 0 Å². The van der Waals surface area contributed by atoms with Crippen LogP contribution in [0, 0.1) is 10.1 Å². The predicted molar refractivity (Wildman–Crippen MR) is 94.9 cm³/mol. The van der Waals surface area contributed by atoms with Gasteiger partial charge in [0.25, 0.3) is 11.6 Å². The van der Waals surface area contributed by atoms with Crippen molar-refractivity contribution in [2.75, 3.05) is 13.7 Å². The molecular formula is C18H19N3O5. The highest BCUT2D eigenvalue weighted by Gasteiger charge is 2.09. The van der Waals surface area contributed by atoms with E-state index in [4.69, 9.17) is 4.74 Å². The highest BCUT2D eigenvalue weighted by atomic mass is 16.6. The Labute approximate surface area is 150 Å². The number of hydrogen-bond donors (Lipinski definition) is 2. The summed E-state index contributed by atoms with van der Waals surface area (Å²) in [7, 11) is 1.59. The zero-order chi connectivity index (χ0) is 18.9. The number of nitro benzene ring substituents is 1. The van der Waals surface area contributed by atoms with Crippen LogP contribution >= 0.6 is 0 Å². The maximum Gasteiger partial charge on any atom is 0.269 e. The first-order valence-corrected chi connectivity index (χ1v) is 7.92. The molecule has 0 saturated heterocycles. The van der Waals surface area contributed by atoms with Crippen molar-refractivity contribution in [3.63, 3.8) is 0 Å². The standard InChI is InChI=1S/C18H19N3O5/c1-26-16-8-2-13(3-9-16)12-20-17(22)10-11-19-18(23)14-4-6-15(7-5-14)21(24)25/h2-9H,10-12H2,1H3,(H,19,23)(H,20,22). The Morgan fingerprint density at radius 2 is 1.69 bits per heavy atom. The maximum absolute atomic E-state index is 11.9. The Morgan fingerprint density at radius 1 is 1.04 bits per heavy atom. The number of nitrogens with one attached hydrogen (secondary N) is 2. The lowest BCUT2D eigenvalue weighted by Gasteiger charge is -2.07. The Kier molecular flexibility index (Phi) is 6.67. The van der Waals surface area contributed by atoms with Crippen LogP contribution in [-0.2, 0) is 11.3 Å². The minimum atomic E-state index is -0.533. The molecule has 8 nitrogen and oxygen atoms in total. The van der Waals surface area contributed by atoms with Crippen molar-refractivity contribution >= 4 is 17.5 Å². The number of hydrogen-bond acceptors (Lipinski definition) is 5. The minimum absolute atomic E-state index is 0.0838. The topological polar surface area (TPSA) is 111 Å². The molecule has 0 spiro atoms. The molecule has 136 valence electrons. The van der Waals surface area contributed by atoms with Crippen molar-refractivity contribution in [2.45, 2.75) is 13.0 Å². The number of methoxy groups -OCH3 is 1. The van der Waals surface area contributed by atoms with Crippen molar-refractivity contribution in [3.05, 3.63) is 69.8 Å².